The van der Waals surface area contributed by atoms with Crippen LogP contribution in [0.15, 0.2) is 34.8 Å². The normalized spacial score (nSPS) is 11.5. The van der Waals surface area contributed by atoms with Gasteiger partial charge < -0.3 is 19.7 Å². The molecule has 8 heteroatoms. The summed E-state index contributed by atoms with van der Waals surface area (Å²) in [5, 5.41) is 6.15. The van der Waals surface area contributed by atoms with E-state index in [1.165, 1.54) is 4.88 Å². The molecule has 6 nitrogen and oxygen atoms in total. The Bertz CT molecular complexity index is 739. The number of thiophene rings is 1. The predicted octanol–water partition coefficient (Wildman–Crippen LogP) is 2.45. The minimum absolute atomic E-state index is 0.0298. The number of aliphatic imine (C=N–C) groups is 1. The summed E-state index contributed by atoms with van der Waals surface area (Å²) >= 11 is 7.81. The summed E-state index contributed by atoms with van der Waals surface area (Å²) in [4.78, 5) is 21.3. The van der Waals surface area contributed by atoms with E-state index in [2.05, 4.69) is 27.8 Å². The summed E-state index contributed by atoms with van der Waals surface area (Å²) in [5.41, 5.74) is 1.07. The smallest absolute Gasteiger partial charge is 0.243 e. The van der Waals surface area contributed by atoms with Crippen molar-refractivity contribution in [2.75, 3.05) is 34.2 Å². The summed E-state index contributed by atoms with van der Waals surface area (Å²) in [5.74, 6) is 0.673. The lowest BCUT2D eigenvalue weighted by Crippen LogP contribution is -2.40. The maximum absolute atomic E-state index is 11.9. The molecule has 2 rings (SSSR count). The van der Waals surface area contributed by atoms with Gasteiger partial charge in [0.15, 0.2) is 5.96 Å². The van der Waals surface area contributed by atoms with E-state index in [-0.39, 0.29) is 12.5 Å². The van der Waals surface area contributed by atoms with Crippen LogP contribution < -0.4 is 5.32 Å². The van der Waals surface area contributed by atoms with Crippen molar-refractivity contribution in [3.05, 3.63) is 45.4 Å². The van der Waals surface area contributed by atoms with Crippen molar-refractivity contribution in [1.82, 2.24) is 19.7 Å². The number of carbonyl (C=O) groups excluding carboxylic acids is 1. The van der Waals surface area contributed by atoms with Gasteiger partial charge in [-0.3, -0.25) is 4.79 Å². The second-order valence-corrected chi connectivity index (χ2v) is 7.77. The molecule has 0 saturated carbocycles. The van der Waals surface area contributed by atoms with Crippen LogP contribution in [0.25, 0.3) is 0 Å². The quantitative estimate of drug-likeness (QED) is 0.578. The van der Waals surface area contributed by atoms with Gasteiger partial charge >= 0.3 is 0 Å². The van der Waals surface area contributed by atoms with Gasteiger partial charge in [-0.05, 0) is 23.9 Å². The van der Waals surface area contributed by atoms with Gasteiger partial charge in [-0.1, -0.05) is 17.7 Å². The van der Waals surface area contributed by atoms with Gasteiger partial charge in [-0.25, -0.2) is 4.99 Å². The molecule has 0 atom stereocenters. The molecule has 26 heavy (non-hydrogen) atoms. The number of carbonyl (C=O) groups is 1. The standard InChI is InChI=1S/C18H26ClN5OS/c1-22(2)17(25)11-21-18(20-8-7-16-6-5-9-26-16)24(4)13-15-10-14(19)12-23(15)3/h5-6,9-10,12H,7-8,11,13H2,1-4H3,(H,20,21). The summed E-state index contributed by atoms with van der Waals surface area (Å²) in [6.45, 7) is 1.52. The van der Waals surface area contributed by atoms with Crippen LogP contribution in [0, 0.1) is 0 Å². The van der Waals surface area contributed by atoms with Crippen molar-refractivity contribution >= 4 is 34.8 Å². The molecule has 0 aliphatic carbocycles. The first-order valence-corrected chi connectivity index (χ1v) is 9.65. The largest absolute Gasteiger partial charge is 0.356 e. The van der Waals surface area contributed by atoms with Crippen molar-refractivity contribution in [3.8, 4) is 0 Å². The number of hydrogen-bond donors (Lipinski definition) is 1. The number of likely N-dealkylation sites (N-methyl/N-ethyl adjacent to an activating group) is 1. The number of nitrogens with one attached hydrogen (secondary N) is 1. The summed E-state index contributed by atoms with van der Waals surface area (Å²) in [7, 11) is 7.39. The molecule has 0 spiro atoms. The fourth-order valence-electron chi connectivity index (χ4n) is 2.39. The average molecular weight is 396 g/mol. The maximum atomic E-state index is 11.9. The van der Waals surface area contributed by atoms with E-state index in [0.717, 1.165) is 18.7 Å². The molecule has 2 aromatic rings. The van der Waals surface area contributed by atoms with Crippen molar-refractivity contribution in [2.45, 2.75) is 13.0 Å². The zero-order valence-electron chi connectivity index (χ0n) is 15.7. The van der Waals surface area contributed by atoms with Gasteiger partial charge in [0.25, 0.3) is 0 Å². The van der Waals surface area contributed by atoms with Crippen molar-refractivity contribution in [2.24, 2.45) is 12.0 Å². The highest BCUT2D eigenvalue weighted by atomic mass is 35.5. The molecule has 0 aliphatic heterocycles. The second-order valence-electron chi connectivity index (χ2n) is 6.30. The van der Waals surface area contributed by atoms with E-state index < -0.39 is 0 Å². The van der Waals surface area contributed by atoms with Crippen LogP contribution in [0.3, 0.4) is 0 Å². The number of rotatable bonds is 7. The number of halogens is 1. The first-order chi connectivity index (χ1) is 12.4. The van der Waals surface area contributed by atoms with Gasteiger partial charge in [0.1, 0.15) is 6.54 Å². The van der Waals surface area contributed by atoms with E-state index in [4.69, 9.17) is 11.6 Å². The van der Waals surface area contributed by atoms with Crippen molar-refractivity contribution in [3.63, 3.8) is 0 Å². The zero-order chi connectivity index (χ0) is 19.1. The SMILES string of the molecule is CN(C)C(=O)CN=C(NCCc1cccs1)N(C)Cc1cc(Cl)cn1C. The van der Waals surface area contributed by atoms with E-state index in [1.54, 1.807) is 30.3 Å². The lowest BCUT2D eigenvalue weighted by atomic mass is 10.3. The predicted molar refractivity (Wildman–Crippen MR) is 109 cm³/mol. The third-order valence-electron chi connectivity index (χ3n) is 3.93. The Balaban J connectivity index is 2.03. The Labute approximate surface area is 164 Å². The topological polar surface area (TPSA) is 52.9 Å². The summed E-state index contributed by atoms with van der Waals surface area (Å²) in [6, 6.07) is 6.11. The van der Waals surface area contributed by atoms with Crippen LogP contribution >= 0.6 is 22.9 Å². The number of aromatic nitrogens is 1. The lowest BCUT2D eigenvalue weighted by molar-refractivity contribution is -0.127. The molecule has 1 amide bonds. The minimum Gasteiger partial charge on any atom is -0.356 e. The first kappa shape index (κ1) is 20.3. The Morgan fingerprint density at radius 2 is 2.15 bits per heavy atom. The highest BCUT2D eigenvalue weighted by molar-refractivity contribution is 7.09. The van der Waals surface area contributed by atoms with E-state index in [1.807, 2.05) is 35.8 Å². The average Bonchev–Trinajstić information content (AvgIpc) is 3.20. The van der Waals surface area contributed by atoms with E-state index in [9.17, 15) is 4.79 Å². The number of aryl methyl sites for hydroxylation is 1. The molecule has 142 valence electrons. The number of nitrogens with zero attached hydrogens (tertiary/aromatic N) is 4. The molecule has 0 saturated heterocycles. The van der Waals surface area contributed by atoms with Gasteiger partial charge in [0.2, 0.25) is 5.91 Å². The van der Waals surface area contributed by atoms with Crippen LogP contribution in [0.5, 0.6) is 0 Å². The van der Waals surface area contributed by atoms with Gasteiger partial charge in [0.05, 0.1) is 11.6 Å². The zero-order valence-corrected chi connectivity index (χ0v) is 17.3. The molecule has 2 heterocycles. The molecule has 1 N–H and O–H groups in total. The molecule has 2 aromatic heterocycles. The van der Waals surface area contributed by atoms with Crippen LogP contribution in [-0.2, 0) is 24.8 Å². The second kappa shape index (κ2) is 9.64. The Hall–Kier alpha value is -1.99. The molecule has 0 aromatic carbocycles. The van der Waals surface area contributed by atoms with Crippen molar-refractivity contribution < 1.29 is 4.79 Å². The Kier molecular flexibility index (Phi) is 7.53. The molecule has 0 radical (unpaired) electrons. The van der Waals surface area contributed by atoms with Gasteiger partial charge in [0, 0.05) is 51.5 Å². The first-order valence-electron chi connectivity index (χ1n) is 8.39. The number of amides is 1. The van der Waals surface area contributed by atoms with Crippen LogP contribution in [0.1, 0.15) is 10.6 Å². The molecule has 0 aliphatic rings. The third-order valence-corrected chi connectivity index (χ3v) is 5.08. The molecule has 0 bridgehead atoms. The van der Waals surface area contributed by atoms with Gasteiger partial charge in [-0.2, -0.15) is 0 Å². The van der Waals surface area contributed by atoms with E-state index in [0.29, 0.717) is 17.5 Å². The Morgan fingerprint density at radius 1 is 1.38 bits per heavy atom. The fraction of sp³-hybridized carbons (Fsp3) is 0.444. The molecular weight excluding hydrogens is 370 g/mol. The number of hydrogen-bond acceptors (Lipinski definition) is 3. The monoisotopic (exact) mass is 395 g/mol. The molecule has 0 fully saturated rings. The lowest BCUT2D eigenvalue weighted by Gasteiger charge is -2.23. The molecular formula is C18H26ClN5OS. The molecule has 0 unspecified atom stereocenters. The summed E-state index contributed by atoms with van der Waals surface area (Å²) in [6.07, 6.45) is 2.80. The van der Waals surface area contributed by atoms with Crippen molar-refractivity contribution in [1.29, 1.82) is 0 Å². The number of guanidine groups is 1. The van der Waals surface area contributed by atoms with Crippen LogP contribution in [-0.4, -0.2) is 60.5 Å². The van der Waals surface area contributed by atoms with Crippen LogP contribution in [0.2, 0.25) is 5.02 Å². The Morgan fingerprint density at radius 3 is 2.73 bits per heavy atom. The van der Waals surface area contributed by atoms with Crippen LogP contribution in [0.4, 0.5) is 0 Å². The highest BCUT2D eigenvalue weighted by Gasteiger charge is 2.12. The fourth-order valence-corrected chi connectivity index (χ4v) is 3.37. The maximum Gasteiger partial charge on any atom is 0.243 e. The third kappa shape index (κ3) is 6.07. The van der Waals surface area contributed by atoms with Gasteiger partial charge in [-0.15, -0.1) is 11.3 Å². The highest BCUT2D eigenvalue weighted by Crippen LogP contribution is 2.14. The van der Waals surface area contributed by atoms with E-state index >= 15 is 0 Å². The minimum atomic E-state index is -0.0298. The summed E-state index contributed by atoms with van der Waals surface area (Å²) < 4.78 is 1.99.